The number of hydrogen-bond donors (Lipinski definition) is 1. The van der Waals surface area contributed by atoms with Crippen LogP contribution in [0.5, 0.6) is 0 Å². The van der Waals surface area contributed by atoms with Crippen molar-refractivity contribution >= 4 is 39.1 Å². The average Bonchev–Trinajstić information content (AvgIpc) is 2.73. The maximum atomic E-state index is 13.5. The Balaban J connectivity index is 2.42. The fraction of sp³-hybridized carbons (Fsp3) is 0.440. The Morgan fingerprint density at radius 1 is 1.06 bits per heavy atom. The Kier molecular flexibility index (Phi) is 9.53. The van der Waals surface area contributed by atoms with Crippen LogP contribution in [-0.2, 0) is 26.2 Å². The van der Waals surface area contributed by atoms with E-state index in [9.17, 15) is 18.0 Å². The fourth-order valence-corrected chi connectivity index (χ4v) is 4.63. The van der Waals surface area contributed by atoms with Gasteiger partial charge in [0.05, 0.1) is 11.9 Å². The topological polar surface area (TPSA) is 86.8 Å². The lowest BCUT2D eigenvalue weighted by Crippen LogP contribution is -2.52. The van der Waals surface area contributed by atoms with Gasteiger partial charge in [0.2, 0.25) is 21.8 Å². The van der Waals surface area contributed by atoms with Crippen LogP contribution in [0.1, 0.15) is 43.9 Å². The predicted octanol–water partition coefficient (Wildman–Crippen LogP) is 4.05. The molecule has 34 heavy (non-hydrogen) atoms. The summed E-state index contributed by atoms with van der Waals surface area (Å²) in [5.74, 6) is -0.793. The minimum Gasteiger partial charge on any atom is -0.352 e. The van der Waals surface area contributed by atoms with Gasteiger partial charge in [0.1, 0.15) is 12.6 Å². The SMILES string of the molecule is CCC(C)NC(=O)C(C)N(Cc1cccc(Cl)c1)C(=O)CN(c1cc(C)cc(C)c1)S(C)(=O)=O. The molecule has 2 rings (SSSR count). The standard InChI is InChI=1S/C25H34ClN3O4S/c1-7-19(4)27-25(31)20(5)28(15-21-9-8-10-22(26)14-21)24(30)16-29(34(6,32)33)23-12-17(2)11-18(3)13-23/h8-14,19-20H,7,15-16H2,1-6H3,(H,27,31). The average molecular weight is 508 g/mol. The summed E-state index contributed by atoms with van der Waals surface area (Å²) in [6.07, 6.45) is 1.81. The molecule has 0 aliphatic heterocycles. The number of rotatable bonds is 10. The number of aryl methyl sites for hydroxylation is 2. The number of carbonyl (C=O) groups excluding carboxylic acids is 2. The Bertz CT molecular complexity index is 1120. The molecule has 0 saturated carbocycles. The Morgan fingerprint density at radius 2 is 1.68 bits per heavy atom. The van der Waals surface area contributed by atoms with Crippen LogP contribution in [0.3, 0.4) is 0 Å². The van der Waals surface area contributed by atoms with Crippen LogP contribution in [0.4, 0.5) is 5.69 Å². The zero-order valence-corrected chi connectivity index (χ0v) is 22.2. The van der Waals surface area contributed by atoms with E-state index in [-0.39, 0.29) is 18.5 Å². The first-order chi connectivity index (χ1) is 15.8. The van der Waals surface area contributed by atoms with Crippen LogP contribution < -0.4 is 9.62 Å². The number of halogens is 1. The molecule has 0 spiro atoms. The number of sulfonamides is 1. The number of nitrogens with zero attached hydrogens (tertiary/aromatic N) is 2. The lowest BCUT2D eigenvalue weighted by Gasteiger charge is -2.32. The first-order valence-electron chi connectivity index (χ1n) is 11.2. The van der Waals surface area contributed by atoms with Crippen LogP contribution in [-0.4, -0.2) is 50.0 Å². The van der Waals surface area contributed by atoms with Crippen LogP contribution >= 0.6 is 11.6 Å². The van der Waals surface area contributed by atoms with Gasteiger partial charge in [0.15, 0.2) is 0 Å². The third kappa shape index (κ3) is 7.74. The van der Waals surface area contributed by atoms with Gasteiger partial charge < -0.3 is 10.2 Å². The molecular weight excluding hydrogens is 474 g/mol. The van der Waals surface area contributed by atoms with Gasteiger partial charge in [-0.2, -0.15) is 0 Å². The summed E-state index contributed by atoms with van der Waals surface area (Å²) < 4.78 is 26.4. The van der Waals surface area contributed by atoms with Crippen LogP contribution in [0, 0.1) is 13.8 Å². The zero-order chi connectivity index (χ0) is 25.6. The highest BCUT2D eigenvalue weighted by molar-refractivity contribution is 7.92. The molecule has 2 unspecified atom stereocenters. The summed E-state index contributed by atoms with van der Waals surface area (Å²) in [7, 11) is -3.76. The molecule has 0 heterocycles. The number of hydrogen-bond acceptors (Lipinski definition) is 4. The largest absolute Gasteiger partial charge is 0.352 e. The molecule has 0 fully saturated rings. The normalized spacial score (nSPS) is 13.1. The predicted molar refractivity (Wildman–Crippen MR) is 137 cm³/mol. The second kappa shape index (κ2) is 11.7. The first-order valence-corrected chi connectivity index (χ1v) is 13.4. The van der Waals surface area contributed by atoms with Crippen LogP contribution in [0.15, 0.2) is 42.5 Å². The Labute approximate surface area is 208 Å². The van der Waals surface area contributed by atoms with Gasteiger partial charge in [-0.05, 0) is 75.1 Å². The van der Waals surface area contributed by atoms with Crippen molar-refractivity contribution in [1.82, 2.24) is 10.2 Å². The monoisotopic (exact) mass is 507 g/mol. The van der Waals surface area contributed by atoms with Crippen LogP contribution in [0.2, 0.25) is 5.02 Å². The Hall–Kier alpha value is -2.58. The molecule has 2 amide bonds. The van der Waals surface area contributed by atoms with Crippen molar-refractivity contribution in [2.75, 3.05) is 17.1 Å². The van der Waals surface area contributed by atoms with E-state index in [1.165, 1.54) is 4.90 Å². The molecule has 1 N–H and O–H groups in total. The first kappa shape index (κ1) is 27.7. The van der Waals surface area contributed by atoms with E-state index in [1.807, 2.05) is 39.8 Å². The molecule has 0 aliphatic rings. The number of nitrogens with one attached hydrogen (secondary N) is 1. The summed E-state index contributed by atoms with van der Waals surface area (Å²) in [5, 5.41) is 3.41. The molecule has 2 aromatic rings. The number of carbonyl (C=O) groups is 2. The van der Waals surface area contributed by atoms with Gasteiger partial charge in [-0.3, -0.25) is 13.9 Å². The van der Waals surface area contributed by atoms with E-state index in [4.69, 9.17) is 11.6 Å². The summed E-state index contributed by atoms with van der Waals surface area (Å²) in [6, 6.07) is 11.5. The third-order valence-corrected chi connectivity index (χ3v) is 6.96. The van der Waals surface area contributed by atoms with E-state index in [2.05, 4.69) is 5.32 Å². The van der Waals surface area contributed by atoms with E-state index in [1.54, 1.807) is 37.3 Å². The summed E-state index contributed by atoms with van der Waals surface area (Å²) in [5.41, 5.74) is 2.91. The maximum absolute atomic E-state index is 13.5. The molecule has 2 aromatic carbocycles. The molecule has 186 valence electrons. The number of anilines is 1. The van der Waals surface area contributed by atoms with E-state index in [0.29, 0.717) is 10.7 Å². The molecule has 0 aromatic heterocycles. The van der Waals surface area contributed by atoms with Gasteiger partial charge >= 0.3 is 0 Å². The summed E-state index contributed by atoms with van der Waals surface area (Å²) in [4.78, 5) is 27.8. The highest BCUT2D eigenvalue weighted by Gasteiger charge is 2.30. The van der Waals surface area contributed by atoms with Gasteiger partial charge in [0, 0.05) is 17.6 Å². The summed E-state index contributed by atoms with van der Waals surface area (Å²) in [6.45, 7) is 8.90. The molecule has 9 heteroatoms. The van der Waals surface area contributed by atoms with Gasteiger partial charge in [-0.25, -0.2) is 8.42 Å². The van der Waals surface area contributed by atoms with E-state index < -0.39 is 28.5 Å². The van der Waals surface area contributed by atoms with Crippen molar-refractivity contribution in [1.29, 1.82) is 0 Å². The highest BCUT2D eigenvalue weighted by atomic mass is 35.5. The van der Waals surface area contributed by atoms with E-state index in [0.717, 1.165) is 33.7 Å². The molecule has 7 nitrogen and oxygen atoms in total. The third-order valence-electron chi connectivity index (χ3n) is 5.58. The molecule has 0 radical (unpaired) electrons. The molecule has 0 bridgehead atoms. The maximum Gasteiger partial charge on any atom is 0.244 e. The minimum absolute atomic E-state index is 0.0548. The van der Waals surface area contributed by atoms with Crippen molar-refractivity contribution in [2.45, 2.75) is 59.7 Å². The van der Waals surface area contributed by atoms with Gasteiger partial charge in [-0.15, -0.1) is 0 Å². The zero-order valence-electron chi connectivity index (χ0n) is 20.6. The number of benzene rings is 2. The minimum atomic E-state index is -3.76. The van der Waals surface area contributed by atoms with Gasteiger partial charge in [0.25, 0.3) is 0 Å². The summed E-state index contributed by atoms with van der Waals surface area (Å²) >= 11 is 6.12. The van der Waals surface area contributed by atoms with Gasteiger partial charge in [-0.1, -0.05) is 36.7 Å². The molecule has 0 saturated heterocycles. The molecular formula is C25H34ClN3O4S. The smallest absolute Gasteiger partial charge is 0.244 e. The van der Waals surface area contributed by atoms with Crippen molar-refractivity contribution in [3.05, 3.63) is 64.2 Å². The highest BCUT2D eigenvalue weighted by Crippen LogP contribution is 2.22. The van der Waals surface area contributed by atoms with Crippen LogP contribution in [0.25, 0.3) is 0 Å². The lowest BCUT2D eigenvalue weighted by molar-refractivity contribution is -0.139. The van der Waals surface area contributed by atoms with E-state index >= 15 is 0 Å². The number of amides is 2. The van der Waals surface area contributed by atoms with Crippen molar-refractivity contribution in [3.63, 3.8) is 0 Å². The lowest BCUT2D eigenvalue weighted by atomic mass is 10.1. The fourth-order valence-electron chi connectivity index (χ4n) is 3.59. The van der Waals surface area contributed by atoms with Crippen molar-refractivity contribution in [2.24, 2.45) is 0 Å². The Morgan fingerprint density at radius 3 is 2.21 bits per heavy atom. The van der Waals surface area contributed by atoms with Crippen molar-refractivity contribution < 1.29 is 18.0 Å². The second-order valence-corrected chi connectivity index (χ2v) is 11.1. The second-order valence-electron chi connectivity index (χ2n) is 8.76. The molecule has 2 atom stereocenters. The molecule has 0 aliphatic carbocycles. The quantitative estimate of drug-likeness (QED) is 0.525. The van der Waals surface area contributed by atoms with Crippen molar-refractivity contribution in [3.8, 4) is 0 Å².